The van der Waals surface area contributed by atoms with Crippen LogP contribution in [0.5, 0.6) is 0 Å². The first kappa shape index (κ1) is 21.2. The Morgan fingerprint density at radius 3 is 2.65 bits per heavy atom. The third kappa shape index (κ3) is 5.02. The summed E-state index contributed by atoms with van der Waals surface area (Å²) < 4.78 is 16.3. The van der Waals surface area contributed by atoms with Gasteiger partial charge in [0.15, 0.2) is 0 Å². The van der Waals surface area contributed by atoms with Gasteiger partial charge in [0.1, 0.15) is 11.5 Å². The van der Waals surface area contributed by atoms with Gasteiger partial charge in [0.25, 0.3) is 5.91 Å². The number of hydrogen-bond donors (Lipinski definition) is 1. The summed E-state index contributed by atoms with van der Waals surface area (Å²) >= 11 is 13.2. The summed E-state index contributed by atoms with van der Waals surface area (Å²) in [6.45, 7) is 0.152. The molecule has 0 aliphatic rings. The van der Waals surface area contributed by atoms with E-state index in [1.807, 2.05) is 30.3 Å². The van der Waals surface area contributed by atoms with Gasteiger partial charge < -0.3 is 0 Å². The lowest BCUT2D eigenvalue weighted by molar-refractivity contribution is 0.0959. The third-order valence-corrected chi connectivity index (χ3v) is 5.97. The van der Waals surface area contributed by atoms with Crippen molar-refractivity contribution in [3.05, 3.63) is 98.0 Å². The molecule has 2 heterocycles. The number of hydrogen-bond acceptors (Lipinski definition) is 4. The zero-order valence-corrected chi connectivity index (χ0v) is 18.3. The minimum absolute atomic E-state index is 0.152. The van der Waals surface area contributed by atoms with Gasteiger partial charge in [-0.3, -0.25) is 9.48 Å². The molecule has 0 saturated heterocycles. The lowest BCUT2D eigenvalue weighted by atomic mass is 10.1. The molecule has 4 rings (SSSR count). The van der Waals surface area contributed by atoms with Crippen LogP contribution < -0.4 is 5.43 Å². The zero-order valence-electron chi connectivity index (χ0n) is 15.9. The number of thiophene rings is 1. The Labute approximate surface area is 191 Å². The van der Waals surface area contributed by atoms with Gasteiger partial charge in [0.05, 0.1) is 22.0 Å². The van der Waals surface area contributed by atoms with Crippen LogP contribution in [0.2, 0.25) is 9.36 Å². The van der Waals surface area contributed by atoms with E-state index in [0.717, 1.165) is 5.56 Å². The number of carbonyl (C=O) groups is 1. The molecular weight excluding hydrogens is 458 g/mol. The molecule has 0 fully saturated rings. The summed E-state index contributed by atoms with van der Waals surface area (Å²) in [5.74, 6) is -0.763. The maximum Gasteiger partial charge on any atom is 0.281 e. The Bertz CT molecular complexity index is 1230. The highest BCUT2D eigenvalue weighted by Gasteiger charge is 2.14. The van der Waals surface area contributed by atoms with Crippen molar-refractivity contribution in [3.8, 4) is 11.3 Å². The molecule has 2 aromatic carbocycles. The molecule has 0 bridgehead atoms. The number of amides is 1. The van der Waals surface area contributed by atoms with E-state index in [0.29, 0.717) is 31.1 Å². The Morgan fingerprint density at radius 2 is 1.94 bits per heavy atom. The van der Waals surface area contributed by atoms with Crippen LogP contribution in [-0.2, 0) is 6.54 Å². The van der Waals surface area contributed by atoms with Gasteiger partial charge in [-0.25, -0.2) is 9.82 Å². The summed E-state index contributed by atoms with van der Waals surface area (Å²) in [5, 5.41) is 8.97. The lowest BCUT2D eigenvalue weighted by Crippen LogP contribution is -2.16. The summed E-state index contributed by atoms with van der Waals surface area (Å²) in [4.78, 5) is 12.6. The fourth-order valence-corrected chi connectivity index (χ4v) is 4.09. The van der Waals surface area contributed by atoms with Crippen molar-refractivity contribution in [2.24, 2.45) is 5.10 Å². The minimum Gasteiger partial charge on any atom is -0.267 e. The molecule has 0 spiro atoms. The molecule has 1 N–H and O–H groups in total. The van der Waals surface area contributed by atoms with Crippen molar-refractivity contribution < 1.29 is 9.18 Å². The summed E-state index contributed by atoms with van der Waals surface area (Å²) in [6, 6.07) is 17.3. The number of aromatic nitrogens is 2. The molecule has 31 heavy (non-hydrogen) atoms. The summed E-state index contributed by atoms with van der Waals surface area (Å²) in [6.07, 6.45) is 3.23. The van der Waals surface area contributed by atoms with E-state index in [1.165, 1.54) is 23.6 Å². The van der Waals surface area contributed by atoms with E-state index in [1.54, 1.807) is 35.1 Å². The largest absolute Gasteiger partial charge is 0.281 e. The normalized spacial score (nSPS) is 11.2. The van der Waals surface area contributed by atoms with Crippen LogP contribution in [0.1, 0.15) is 20.8 Å². The van der Waals surface area contributed by atoms with E-state index in [4.69, 9.17) is 23.2 Å². The summed E-state index contributed by atoms with van der Waals surface area (Å²) in [5.41, 5.74) is 4.99. The molecule has 1 amide bonds. The number of carbonyl (C=O) groups excluding carboxylic acids is 1. The van der Waals surface area contributed by atoms with Crippen molar-refractivity contribution in [2.75, 3.05) is 0 Å². The second-order valence-electron chi connectivity index (χ2n) is 6.50. The number of nitrogens with zero attached hydrogens (tertiary/aromatic N) is 3. The first-order chi connectivity index (χ1) is 15.0. The quantitative estimate of drug-likeness (QED) is 0.281. The Kier molecular flexibility index (Phi) is 6.46. The molecule has 2 aromatic heterocycles. The number of rotatable bonds is 6. The molecule has 4 aromatic rings. The molecule has 156 valence electrons. The van der Waals surface area contributed by atoms with Gasteiger partial charge in [-0.15, -0.1) is 11.3 Å². The van der Waals surface area contributed by atoms with Crippen LogP contribution in [0, 0.1) is 5.82 Å². The van der Waals surface area contributed by atoms with Crippen LogP contribution in [0.3, 0.4) is 0 Å². The molecule has 0 unspecified atom stereocenters. The second-order valence-corrected chi connectivity index (χ2v) is 8.62. The molecule has 9 heteroatoms. The maximum absolute atomic E-state index is 14.2. The van der Waals surface area contributed by atoms with Crippen molar-refractivity contribution in [2.45, 2.75) is 6.54 Å². The van der Waals surface area contributed by atoms with Gasteiger partial charge in [-0.1, -0.05) is 59.6 Å². The SMILES string of the molecule is O=C(NN=Cc1cn(Cc2c(F)cccc2Cl)nc1-c1ccccc1)c1ccc(Cl)s1. The number of benzene rings is 2. The van der Waals surface area contributed by atoms with Gasteiger partial charge in [-0.05, 0) is 24.3 Å². The highest BCUT2D eigenvalue weighted by atomic mass is 35.5. The molecule has 0 radical (unpaired) electrons. The second kappa shape index (κ2) is 9.43. The van der Waals surface area contributed by atoms with Gasteiger partial charge >= 0.3 is 0 Å². The standard InChI is InChI=1S/C22H15Cl2FN4OS/c23-17-7-4-8-18(25)16(17)13-29-12-15(21(28-29)14-5-2-1-3-6-14)11-26-27-22(30)19-9-10-20(24)31-19/h1-12H,13H2,(H,27,30). The lowest BCUT2D eigenvalue weighted by Gasteiger charge is -2.05. The number of halogens is 3. The van der Waals surface area contributed by atoms with Crippen LogP contribution in [-0.4, -0.2) is 21.9 Å². The zero-order chi connectivity index (χ0) is 21.8. The fourth-order valence-electron chi connectivity index (χ4n) is 2.93. The van der Waals surface area contributed by atoms with E-state index in [2.05, 4.69) is 15.6 Å². The predicted octanol–water partition coefficient (Wildman–Crippen LogP) is 5.87. The van der Waals surface area contributed by atoms with Crippen LogP contribution in [0.15, 0.2) is 72.0 Å². The van der Waals surface area contributed by atoms with E-state index >= 15 is 0 Å². The molecular formula is C22H15Cl2FN4OS. The first-order valence-corrected chi connectivity index (χ1v) is 10.7. The first-order valence-electron chi connectivity index (χ1n) is 9.16. The van der Waals surface area contributed by atoms with E-state index in [9.17, 15) is 9.18 Å². The topological polar surface area (TPSA) is 59.3 Å². The summed E-state index contributed by atoms with van der Waals surface area (Å²) in [7, 11) is 0. The monoisotopic (exact) mass is 472 g/mol. The van der Waals surface area contributed by atoms with Crippen molar-refractivity contribution in [1.82, 2.24) is 15.2 Å². The highest BCUT2D eigenvalue weighted by Crippen LogP contribution is 2.24. The molecule has 0 aliphatic heterocycles. The fraction of sp³-hybridized carbons (Fsp3) is 0.0455. The van der Waals surface area contributed by atoms with Crippen molar-refractivity contribution in [3.63, 3.8) is 0 Å². The third-order valence-electron chi connectivity index (χ3n) is 4.39. The average Bonchev–Trinajstić information content (AvgIpc) is 3.38. The minimum atomic E-state index is -0.402. The van der Waals surface area contributed by atoms with Crippen LogP contribution in [0.25, 0.3) is 11.3 Å². The number of nitrogens with one attached hydrogen (secondary N) is 1. The van der Waals surface area contributed by atoms with Crippen molar-refractivity contribution >= 4 is 46.7 Å². The van der Waals surface area contributed by atoms with Crippen molar-refractivity contribution in [1.29, 1.82) is 0 Å². The highest BCUT2D eigenvalue weighted by molar-refractivity contribution is 7.17. The molecule has 0 saturated carbocycles. The van der Waals surface area contributed by atoms with Gasteiger partial charge in [0.2, 0.25) is 0 Å². The van der Waals surface area contributed by atoms with E-state index < -0.39 is 5.82 Å². The molecule has 0 aliphatic carbocycles. The van der Waals surface area contributed by atoms with Crippen LogP contribution >= 0.6 is 34.5 Å². The van der Waals surface area contributed by atoms with Gasteiger partial charge in [-0.2, -0.15) is 10.2 Å². The smallest absolute Gasteiger partial charge is 0.267 e. The Morgan fingerprint density at radius 1 is 1.13 bits per heavy atom. The number of hydrazone groups is 1. The van der Waals surface area contributed by atoms with Gasteiger partial charge in [0, 0.05) is 27.9 Å². The maximum atomic E-state index is 14.2. The molecule has 0 atom stereocenters. The average molecular weight is 473 g/mol. The Balaban J connectivity index is 1.62. The predicted molar refractivity (Wildman–Crippen MR) is 123 cm³/mol. The Hall–Kier alpha value is -3.00. The van der Waals surface area contributed by atoms with E-state index in [-0.39, 0.29) is 12.5 Å². The van der Waals surface area contributed by atoms with Crippen LogP contribution in [0.4, 0.5) is 4.39 Å². The molecule has 5 nitrogen and oxygen atoms in total.